The van der Waals surface area contributed by atoms with Gasteiger partial charge in [0, 0.05) is 12.7 Å². The third-order valence-electron chi connectivity index (χ3n) is 3.46. The molecule has 0 N–H and O–H groups in total. The van der Waals surface area contributed by atoms with Crippen molar-refractivity contribution in [2.45, 2.75) is 6.54 Å². The topological polar surface area (TPSA) is 55.5 Å². The number of aromatic nitrogens is 1. The minimum Gasteiger partial charge on any atom is -0.405 e. The van der Waals surface area contributed by atoms with Gasteiger partial charge >= 0.3 is 5.76 Å². The molecule has 112 valence electrons. The van der Waals surface area contributed by atoms with Crippen LogP contribution in [0.3, 0.4) is 0 Å². The standard InChI is InChI=1S/C16H13FN2O3/c1-18(11-6-3-2-4-7-11)14(20)10-19-13-9-5-8-12(17)15(13)22-16(19)21/h2-9H,10H2,1H3. The predicted molar refractivity (Wildman–Crippen MR) is 80.3 cm³/mol. The molecule has 0 aliphatic heterocycles. The number of likely N-dealkylation sites (N-methyl/N-ethyl adjacent to an activating group) is 1. The van der Waals surface area contributed by atoms with E-state index in [0.29, 0.717) is 5.69 Å². The quantitative estimate of drug-likeness (QED) is 0.746. The number of rotatable bonds is 3. The molecule has 0 saturated carbocycles. The third-order valence-corrected chi connectivity index (χ3v) is 3.46. The number of anilines is 1. The van der Waals surface area contributed by atoms with Gasteiger partial charge in [-0.1, -0.05) is 24.3 Å². The summed E-state index contributed by atoms with van der Waals surface area (Å²) < 4.78 is 19.6. The second kappa shape index (κ2) is 5.48. The number of fused-ring (bicyclic) bond motifs is 1. The molecule has 1 amide bonds. The van der Waals surface area contributed by atoms with Crippen molar-refractivity contribution in [3.8, 4) is 0 Å². The van der Waals surface area contributed by atoms with Crippen LogP contribution >= 0.6 is 0 Å². The van der Waals surface area contributed by atoms with Crippen molar-refractivity contribution in [2.24, 2.45) is 0 Å². The summed E-state index contributed by atoms with van der Waals surface area (Å²) in [6.45, 7) is -0.222. The maximum Gasteiger partial charge on any atom is 0.420 e. The highest BCUT2D eigenvalue weighted by atomic mass is 19.1. The Labute approximate surface area is 125 Å². The SMILES string of the molecule is CN(C(=O)Cn1c(=O)oc2c(F)cccc21)c1ccccc1. The molecule has 0 aliphatic carbocycles. The van der Waals surface area contributed by atoms with Crippen molar-refractivity contribution >= 4 is 22.7 Å². The molecular weight excluding hydrogens is 287 g/mol. The molecule has 22 heavy (non-hydrogen) atoms. The zero-order valence-electron chi connectivity index (χ0n) is 11.8. The zero-order chi connectivity index (χ0) is 15.7. The monoisotopic (exact) mass is 300 g/mol. The number of amides is 1. The molecule has 0 spiro atoms. The molecular formula is C16H13FN2O3. The van der Waals surface area contributed by atoms with Gasteiger partial charge in [0.2, 0.25) is 5.91 Å². The number of hydrogen-bond donors (Lipinski definition) is 0. The second-order valence-corrected chi connectivity index (χ2v) is 4.83. The van der Waals surface area contributed by atoms with Gasteiger partial charge in [-0.15, -0.1) is 0 Å². The van der Waals surface area contributed by atoms with Crippen molar-refractivity contribution in [1.29, 1.82) is 0 Å². The Kier molecular flexibility index (Phi) is 3.50. The molecule has 0 fully saturated rings. The molecule has 1 aromatic heterocycles. The third kappa shape index (κ3) is 2.39. The first-order valence-corrected chi connectivity index (χ1v) is 6.67. The predicted octanol–water partition coefficient (Wildman–Crippen LogP) is 2.40. The van der Waals surface area contributed by atoms with Crippen molar-refractivity contribution in [3.05, 3.63) is 64.9 Å². The Morgan fingerprint density at radius 2 is 1.91 bits per heavy atom. The number of carbonyl (C=O) groups excluding carboxylic acids is 1. The van der Waals surface area contributed by atoms with E-state index in [9.17, 15) is 14.0 Å². The van der Waals surface area contributed by atoms with Crippen LogP contribution in [0.15, 0.2) is 57.7 Å². The minimum atomic E-state index is -0.755. The van der Waals surface area contributed by atoms with Crippen molar-refractivity contribution in [1.82, 2.24) is 4.57 Å². The number of carbonyl (C=O) groups is 1. The lowest BCUT2D eigenvalue weighted by Crippen LogP contribution is -2.32. The zero-order valence-corrected chi connectivity index (χ0v) is 11.8. The summed E-state index contributed by atoms with van der Waals surface area (Å²) in [5.74, 6) is -1.69. The van der Waals surface area contributed by atoms with E-state index < -0.39 is 11.6 Å². The van der Waals surface area contributed by atoms with Crippen LogP contribution < -0.4 is 10.7 Å². The van der Waals surface area contributed by atoms with Crippen LogP contribution in [0.4, 0.5) is 10.1 Å². The Morgan fingerprint density at radius 3 is 2.64 bits per heavy atom. The van der Waals surface area contributed by atoms with Crippen LogP contribution in [-0.2, 0) is 11.3 Å². The first-order chi connectivity index (χ1) is 10.6. The van der Waals surface area contributed by atoms with E-state index in [1.54, 1.807) is 25.2 Å². The summed E-state index contributed by atoms with van der Waals surface area (Å²) in [6.07, 6.45) is 0. The van der Waals surface area contributed by atoms with Crippen molar-refractivity contribution < 1.29 is 13.6 Å². The Bertz CT molecular complexity index is 883. The minimum absolute atomic E-state index is 0.136. The van der Waals surface area contributed by atoms with Crippen LogP contribution in [-0.4, -0.2) is 17.5 Å². The molecule has 6 heteroatoms. The molecule has 0 radical (unpaired) electrons. The van der Waals surface area contributed by atoms with Gasteiger partial charge in [-0.3, -0.25) is 9.36 Å². The van der Waals surface area contributed by atoms with Gasteiger partial charge in [-0.25, -0.2) is 9.18 Å². The largest absolute Gasteiger partial charge is 0.420 e. The summed E-state index contributed by atoms with van der Waals surface area (Å²) in [7, 11) is 1.62. The summed E-state index contributed by atoms with van der Waals surface area (Å²) in [4.78, 5) is 25.6. The summed E-state index contributed by atoms with van der Waals surface area (Å²) >= 11 is 0. The van der Waals surface area contributed by atoms with Crippen LogP contribution in [0.5, 0.6) is 0 Å². The number of nitrogens with zero attached hydrogens (tertiary/aromatic N) is 2. The number of hydrogen-bond acceptors (Lipinski definition) is 3. The molecule has 5 nitrogen and oxygen atoms in total. The van der Waals surface area contributed by atoms with Crippen molar-refractivity contribution in [2.75, 3.05) is 11.9 Å². The maximum absolute atomic E-state index is 13.6. The molecule has 3 rings (SSSR count). The molecule has 0 bridgehead atoms. The highest BCUT2D eigenvalue weighted by Gasteiger charge is 2.18. The van der Waals surface area contributed by atoms with Gasteiger partial charge in [0.1, 0.15) is 6.54 Å². The van der Waals surface area contributed by atoms with Gasteiger partial charge in [0.05, 0.1) is 5.52 Å². The first kappa shape index (κ1) is 14.1. The van der Waals surface area contributed by atoms with Crippen LogP contribution in [0, 0.1) is 5.82 Å². The van der Waals surface area contributed by atoms with E-state index in [4.69, 9.17) is 4.42 Å². The smallest absolute Gasteiger partial charge is 0.405 e. The fraction of sp³-hybridized carbons (Fsp3) is 0.125. The summed E-state index contributed by atoms with van der Waals surface area (Å²) in [5, 5.41) is 0. The van der Waals surface area contributed by atoms with E-state index in [1.165, 1.54) is 17.0 Å². The lowest BCUT2D eigenvalue weighted by molar-refractivity contribution is -0.118. The first-order valence-electron chi connectivity index (χ1n) is 6.67. The Morgan fingerprint density at radius 1 is 1.18 bits per heavy atom. The molecule has 0 aliphatic rings. The van der Waals surface area contributed by atoms with Crippen molar-refractivity contribution in [3.63, 3.8) is 0 Å². The van der Waals surface area contributed by atoms with E-state index in [-0.39, 0.29) is 23.6 Å². The van der Waals surface area contributed by atoms with E-state index in [1.807, 2.05) is 18.2 Å². The lowest BCUT2D eigenvalue weighted by Gasteiger charge is -2.17. The van der Waals surface area contributed by atoms with E-state index in [0.717, 1.165) is 4.57 Å². The molecule has 0 saturated heterocycles. The molecule has 1 heterocycles. The highest BCUT2D eigenvalue weighted by molar-refractivity contribution is 5.93. The number of halogens is 1. The van der Waals surface area contributed by atoms with Gasteiger partial charge in [0.15, 0.2) is 11.4 Å². The van der Waals surface area contributed by atoms with E-state index in [2.05, 4.69) is 0 Å². The van der Waals surface area contributed by atoms with Crippen LogP contribution in [0.25, 0.3) is 11.1 Å². The Hall–Kier alpha value is -2.89. The number of oxazole rings is 1. The number of para-hydroxylation sites is 2. The average Bonchev–Trinajstić information content (AvgIpc) is 2.85. The number of benzene rings is 2. The summed E-state index contributed by atoms with van der Waals surface area (Å²) in [5.41, 5.74) is 0.835. The lowest BCUT2D eigenvalue weighted by atomic mass is 10.3. The van der Waals surface area contributed by atoms with Gasteiger partial charge in [-0.2, -0.15) is 0 Å². The van der Waals surface area contributed by atoms with Gasteiger partial charge in [-0.05, 0) is 24.3 Å². The van der Waals surface area contributed by atoms with Crippen LogP contribution in [0.1, 0.15) is 0 Å². The highest BCUT2D eigenvalue weighted by Crippen LogP contribution is 2.17. The molecule has 3 aromatic rings. The van der Waals surface area contributed by atoms with Gasteiger partial charge in [0.25, 0.3) is 0 Å². The summed E-state index contributed by atoms with van der Waals surface area (Å²) in [6, 6.07) is 13.3. The average molecular weight is 300 g/mol. The van der Waals surface area contributed by atoms with E-state index >= 15 is 0 Å². The molecule has 2 aromatic carbocycles. The molecule has 0 atom stereocenters. The fourth-order valence-electron chi connectivity index (χ4n) is 2.24. The maximum atomic E-state index is 13.6. The Balaban J connectivity index is 1.94. The van der Waals surface area contributed by atoms with Crippen LogP contribution in [0.2, 0.25) is 0 Å². The second-order valence-electron chi connectivity index (χ2n) is 4.83. The molecule has 0 unspecified atom stereocenters. The van der Waals surface area contributed by atoms with Gasteiger partial charge < -0.3 is 9.32 Å². The normalized spacial score (nSPS) is 10.8. The fourth-order valence-corrected chi connectivity index (χ4v) is 2.24.